The Labute approximate surface area is 102 Å². The molecular weight excluding hydrogens is 236 g/mol. The van der Waals surface area contributed by atoms with Gasteiger partial charge in [0, 0.05) is 24.5 Å². The molecule has 2 N–H and O–H groups in total. The van der Waals surface area contributed by atoms with E-state index >= 15 is 0 Å². The first-order valence-corrected chi connectivity index (χ1v) is 7.53. The number of hydrogen-bond acceptors (Lipinski definition) is 4. The quantitative estimate of drug-likeness (QED) is 0.763. The van der Waals surface area contributed by atoms with E-state index in [-0.39, 0.29) is 11.5 Å². The van der Waals surface area contributed by atoms with Crippen LogP contribution < -0.4 is 10.6 Å². The van der Waals surface area contributed by atoms with Crippen molar-refractivity contribution in [2.45, 2.75) is 13.8 Å². The summed E-state index contributed by atoms with van der Waals surface area (Å²) in [5.41, 5.74) is 9.94. The number of rotatable bonds is 1. The second kappa shape index (κ2) is 4.22. The second-order valence-corrected chi connectivity index (χ2v) is 6.94. The molecule has 0 unspecified atom stereocenters. The maximum atomic E-state index is 11.4. The molecule has 1 aromatic carbocycles. The number of hydrogen-bond donors (Lipinski definition) is 1. The fourth-order valence-corrected chi connectivity index (χ4v) is 3.35. The van der Waals surface area contributed by atoms with Crippen LogP contribution in [0.1, 0.15) is 11.1 Å². The normalized spacial score (nSPS) is 19.3. The number of aryl methyl sites for hydroxylation is 2. The van der Waals surface area contributed by atoms with Crippen molar-refractivity contribution >= 4 is 21.2 Å². The SMILES string of the molecule is Cc1cc(C)c(N2CCS(=O)(=O)CC2)cc1N. The van der Waals surface area contributed by atoms with Crippen molar-refractivity contribution in [3.8, 4) is 0 Å². The molecule has 4 nitrogen and oxygen atoms in total. The number of anilines is 2. The molecule has 0 aromatic heterocycles. The summed E-state index contributed by atoms with van der Waals surface area (Å²) >= 11 is 0. The van der Waals surface area contributed by atoms with Gasteiger partial charge < -0.3 is 10.6 Å². The third-order valence-electron chi connectivity index (χ3n) is 3.27. The van der Waals surface area contributed by atoms with Gasteiger partial charge in [0.2, 0.25) is 0 Å². The van der Waals surface area contributed by atoms with Crippen LogP contribution >= 0.6 is 0 Å². The van der Waals surface area contributed by atoms with Crippen molar-refractivity contribution in [3.63, 3.8) is 0 Å². The highest BCUT2D eigenvalue weighted by atomic mass is 32.2. The van der Waals surface area contributed by atoms with E-state index in [1.807, 2.05) is 26.0 Å². The first-order valence-electron chi connectivity index (χ1n) is 5.71. The zero-order valence-electron chi connectivity index (χ0n) is 10.2. The lowest BCUT2D eigenvalue weighted by Crippen LogP contribution is -2.40. The van der Waals surface area contributed by atoms with Gasteiger partial charge >= 0.3 is 0 Å². The highest BCUT2D eigenvalue weighted by Gasteiger charge is 2.22. The third-order valence-corrected chi connectivity index (χ3v) is 4.88. The highest BCUT2D eigenvalue weighted by Crippen LogP contribution is 2.26. The van der Waals surface area contributed by atoms with Crippen molar-refractivity contribution in [1.29, 1.82) is 0 Å². The van der Waals surface area contributed by atoms with Gasteiger partial charge in [-0.1, -0.05) is 6.07 Å². The van der Waals surface area contributed by atoms with Crippen LogP contribution in [0.2, 0.25) is 0 Å². The van der Waals surface area contributed by atoms with Crippen LogP contribution in [-0.4, -0.2) is 33.0 Å². The summed E-state index contributed by atoms with van der Waals surface area (Å²) in [5, 5.41) is 0. The number of benzene rings is 1. The standard InChI is InChI=1S/C12H18N2O2S/c1-9-7-10(2)12(8-11(9)13)14-3-5-17(15,16)6-4-14/h7-8H,3-6,13H2,1-2H3. The maximum Gasteiger partial charge on any atom is 0.153 e. The van der Waals surface area contributed by atoms with Crippen LogP contribution in [0.15, 0.2) is 12.1 Å². The first-order chi connectivity index (χ1) is 7.89. The molecule has 1 aliphatic rings. The monoisotopic (exact) mass is 254 g/mol. The molecule has 0 bridgehead atoms. The first kappa shape index (κ1) is 12.2. The van der Waals surface area contributed by atoms with Crippen LogP contribution in [0.3, 0.4) is 0 Å². The van der Waals surface area contributed by atoms with E-state index in [1.54, 1.807) is 0 Å². The number of sulfone groups is 1. The fraction of sp³-hybridized carbons (Fsp3) is 0.500. The van der Waals surface area contributed by atoms with Gasteiger partial charge in [0.05, 0.1) is 11.5 Å². The molecule has 94 valence electrons. The summed E-state index contributed by atoms with van der Waals surface area (Å²) in [6.07, 6.45) is 0. The summed E-state index contributed by atoms with van der Waals surface area (Å²) in [5.74, 6) is 0.473. The highest BCUT2D eigenvalue weighted by molar-refractivity contribution is 7.91. The fourth-order valence-electron chi connectivity index (χ4n) is 2.15. The van der Waals surface area contributed by atoms with Crippen LogP contribution in [0, 0.1) is 13.8 Å². The molecule has 1 aliphatic heterocycles. The van der Waals surface area contributed by atoms with E-state index in [9.17, 15) is 8.42 Å². The van der Waals surface area contributed by atoms with E-state index < -0.39 is 9.84 Å². The number of nitrogens with zero attached hydrogens (tertiary/aromatic N) is 1. The predicted octanol–water partition coefficient (Wildman–Crippen LogP) is 1.12. The summed E-state index contributed by atoms with van der Waals surface area (Å²) < 4.78 is 22.8. The van der Waals surface area contributed by atoms with Gasteiger partial charge in [-0.15, -0.1) is 0 Å². The molecule has 0 saturated carbocycles. The lowest BCUT2D eigenvalue weighted by Gasteiger charge is -2.30. The van der Waals surface area contributed by atoms with Crippen molar-refractivity contribution < 1.29 is 8.42 Å². The van der Waals surface area contributed by atoms with Gasteiger partial charge in [-0.3, -0.25) is 0 Å². The van der Waals surface area contributed by atoms with Crippen LogP contribution in [0.25, 0.3) is 0 Å². The topological polar surface area (TPSA) is 63.4 Å². The number of nitrogens with two attached hydrogens (primary N) is 1. The molecule has 1 fully saturated rings. The van der Waals surface area contributed by atoms with Gasteiger partial charge in [0.1, 0.15) is 0 Å². The molecule has 1 heterocycles. The molecule has 1 aromatic rings. The van der Waals surface area contributed by atoms with Crippen molar-refractivity contribution in [3.05, 3.63) is 23.3 Å². The van der Waals surface area contributed by atoms with Gasteiger partial charge in [-0.25, -0.2) is 8.42 Å². The van der Waals surface area contributed by atoms with Gasteiger partial charge in [0.15, 0.2) is 9.84 Å². The minimum atomic E-state index is -2.83. The lowest BCUT2D eigenvalue weighted by molar-refractivity contribution is 0.586. The minimum absolute atomic E-state index is 0.236. The molecule has 5 heteroatoms. The summed E-state index contributed by atoms with van der Waals surface area (Å²) in [6.45, 7) is 5.13. The Balaban J connectivity index is 2.27. The predicted molar refractivity (Wildman–Crippen MR) is 71.2 cm³/mol. The third kappa shape index (κ3) is 2.54. The zero-order valence-corrected chi connectivity index (χ0v) is 11.0. The maximum absolute atomic E-state index is 11.4. The molecule has 0 radical (unpaired) electrons. The van der Waals surface area contributed by atoms with E-state index in [1.165, 1.54) is 0 Å². The Hall–Kier alpha value is -1.23. The molecule has 1 saturated heterocycles. The Morgan fingerprint density at radius 1 is 1.12 bits per heavy atom. The van der Waals surface area contributed by atoms with Crippen molar-refractivity contribution in [2.75, 3.05) is 35.2 Å². The van der Waals surface area contributed by atoms with Gasteiger partial charge in [-0.05, 0) is 31.0 Å². The Bertz CT molecular complexity index is 524. The van der Waals surface area contributed by atoms with Gasteiger partial charge in [-0.2, -0.15) is 0 Å². The van der Waals surface area contributed by atoms with E-state index in [4.69, 9.17) is 5.73 Å². The summed E-state index contributed by atoms with van der Waals surface area (Å²) in [7, 11) is -2.83. The molecule has 0 spiro atoms. The van der Waals surface area contributed by atoms with E-state index in [0.717, 1.165) is 22.5 Å². The smallest absolute Gasteiger partial charge is 0.153 e. The summed E-state index contributed by atoms with van der Waals surface area (Å²) in [4.78, 5) is 2.10. The Kier molecular flexibility index (Phi) is 3.03. The molecule has 0 amide bonds. The van der Waals surface area contributed by atoms with Crippen LogP contribution in [0.5, 0.6) is 0 Å². The number of nitrogen functional groups attached to an aromatic ring is 1. The van der Waals surface area contributed by atoms with Gasteiger partial charge in [0.25, 0.3) is 0 Å². The zero-order chi connectivity index (χ0) is 12.6. The average molecular weight is 254 g/mol. The Morgan fingerprint density at radius 2 is 1.71 bits per heavy atom. The van der Waals surface area contributed by atoms with E-state index in [0.29, 0.717) is 13.1 Å². The molecular formula is C12H18N2O2S. The molecule has 2 rings (SSSR count). The largest absolute Gasteiger partial charge is 0.398 e. The average Bonchev–Trinajstić information content (AvgIpc) is 2.24. The van der Waals surface area contributed by atoms with Crippen LogP contribution in [-0.2, 0) is 9.84 Å². The second-order valence-electron chi connectivity index (χ2n) is 4.63. The summed E-state index contributed by atoms with van der Waals surface area (Å²) in [6, 6.07) is 4.00. The molecule has 0 atom stereocenters. The van der Waals surface area contributed by atoms with Crippen molar-refractivity contribution in [1.82, 2.24) is 0 Å². The van der Waals surface area contributed by atoms with Crippen molar-refractivity contribution in [2.24, 2.45) is 0 Å². The minimum Gasteiger partial charge on any atom is -0.398 e. The molecule has 17 heavy (non-hydrogen) atoms. The van der Waals surface area contributed by atoms with Crippen LogP contribution in [0.4, 0.5) is 11.4 Å². The lowest BCUT2D eigenvalue weighted by atomic mass is 10.1. The van der Waals surface area contributed by atoms with E-state index in [2.05, 4.69) is 4.90 Å². The molecule has 0 aliphatic carbocycles. The Morgan fingerprint density at radius 3 is 2.29 bits per heavy atom.